The van der Waals surface area contributed by atoms with Gasteiger partial charge in [-0.05, 0) is 37.6 Å². The first kappa shape index (κ1) is 19.9. The summed E-state index contributed by atoms with van der Waals surface area (Å²) in [4.78, 5) is 36.7. The molecule has 9 heteroatoms. The van der Waals surface area contributed by atoms with E-state index >= 15 is 0 Å². The van der Waals surface area contributed by atoms with E-state index in [0.717, 1.165) is 0 Å². The van der Waals surface area contributed by atoms with Gasteiger partial charge in [-0.1, -0.05) is 0 Å². The fraction of sp³-hybridized carbons (Fsp3) is 0.471. The van der Waals surface area contributed by atoms with Gasteiger partial charge in [0.2, 0.25) is 5.91 Å². The van der Waals surface area contributed by atoms with Crippen LogP contribution >= 0.6 is 0 Å². The normalized spacial score (nSPS) is 18.2. The van der Waals surface area contributed by atoms with Gasteiger partial charge in [-0.25, -0.2) is 13.2 Å². The van der Waals surface area contributed by atoms with E-state index in [0.29, 0.717) is 18.7 Å². The van der Waals surface area contributed by atoms with Crippen molar-refractivity contribution in [2.45, 2.75) is 26.3 Å². The van der Waals surface area contributed by atoms with Crippen LogP contribution in [0.3, 0.4) is 0 Å². The lowest BCUT2D eigenvalue weighted by Gasteiger charge is -2.26. The number of carbonyl (C=O) groups is 3. The van der Waals surface area contributed by atoms with Crippen LogP contribution in [0.25, 0.3) is 0 Å². The minimum Gasteiger partial charge on any atom is -0.452 e. The monoisotopic (exact) mass is 382 g/mol. The third kappa shape index (κ3) is 5.29. The Hall–Kier alpha value is -2.42. The molecule has 1 aliphatic rings. The lowest BCUT2D eigenvalue weighted by Crippen LogP contribution is -2.43. The first-order chi connectivity index (χ1) is 12.2. The Morgan fingerprint density at radius 3 is 2.38 bits per heavy atom. The number of benzene rings is 1. The Morgan fingerprint density at radius 1 is 1.23 bits per heavy atom. The second kappa shape index (κ2) is 8.31. The van der Waals surface area contributed by atoms with Crippen LogP contribution in [0.1, 0.15) is 30.6 Å². The molecule has 1 heterocycles. The van der Waals surface area contributed by atoms with Crippen molar-refractivity contribution in [1.82, 2.24) is 4.90 Å². The van der Waals surface area contributed by atoms with E-state index in [4.69, 9.17) is 4.74 Å². The molecule has 1 aromatic carbocycles. The molecule has 8 nitrogen and oxygen atoms in total. The molecule has 0 radical (unpaired) electrons. The van der Waals surface area contributed by atoms with E-state index in [1.807, 2.05) is 0 Å². The molecule has 1 fully saturated rings. The minimum absolute atomic E-state index is 0.0505. The number of nitrogens with zero attached hydrogens (tertiary/aromatic N) is 1. The van der Waals surface area contributed by atoms with Gasteiger partial charge in [0.05, 0.1) is 17.1 Å². The third-order valence-electron chi connectivity index (χ3n) is 4.08. The molecule has 1 aliphatic heterocycles. The fourth-order valence-electron chi connectivity index (χ4n) is 2.85. The maximum atomic E-state index is 12.3. The number of anilines is 1. The summed E-state index contributed by atoms with van der Waals surface area (Å²) in [7, 11) is -3.10. The van der Waals surface area contributed by atoms with Crippen LogP contribution in [-0.2, 0) is 24.2 Å². The standard InChI is InChI=1S/C17H22N2O6S/c1-3-19(15-8-9-26(23,24)11-15)16(21)10-25-17(22)13-4-6-14(7-5-13)18-12(2)20/h4-7,15H,3,8-11H2,1-2H3,(H,18,20)/t15-/m0/s1. The lowest BCUT2D eigenvalue weighted by molar-refractivity contribution is -0.136. The topological polar surface area (TPSA) is 110 Å². The molecule has 0 saturated carbocycles. The zero-order chi connectivity index (χ0) is 19.3. The number of nitrogens with one attached hydrogen (secondary N) is 1. The molecular weight excluding hydrogens is 360 g/mol. The first-order valence-electron chi connectivity index (χ1n) is 8.26. The molecule has 0 spiro atoms. The van der Waals surface area contributed by atoms with Gasteiger partial charge in [-0.15, -0.1) is 0 Å². The molecule has 2 amide bonds. The van der Waals surface area contributed by atoms with E-state index in [-0.39, 0.29) is 29.0 Å². The SMILES string of the molecule is CCN(C(=O)COC(=O)c1ccc(NC(C)=O)cc1)[C@H]1CCS(=O)(=O)C1. The average molecular weight is 382 g/mol. The van der Waals surface area contributed by atoms with Gasteiger partial charge in [0.25, 0.3) is 5.91 Å². The van der Waals surface area contributed by atoms with Crippen molar-refractivity contribution in [3.8, 4) is 0 Å². The minimum atomic E-state index is -3.10. The van der Waals surface area contributed by atoms with Gasteiger partial charge in [-0.3, -0.25) is 9.59 Å². The van der Waals surface area contributed by atoms with E-state index in [9.17, 15) is 22.8 Å². The third-order valence-corrected chi connectivity index (χ3v) is 5.83. The Labute approximate surface area is 152 Å². The molecule has 0 unspecified atom stereocenters. The van der Waals surface area contributed by atoms with Crippen LogP contribution in [0.4, 0.5) is 5.69 Å². The highest BCUT2D eigenvalue weighted by Gasteiger charge is 2.34. The van der Waals surface area contributed by atoms with Gasteiger partial charge in [0.1, 0.15) is 0 Å². The van der Waals surface area contributed by atoms with Gasteiger partial charge in [-0.2, -0.15) is 0 Å². The molecule has 1 saturated heterocycles. The number of ether oxygens (including phenoxy) is 1. The Morgan fingerprint density at radius 2 is 1.88 bits per heavy atom. The van der Waals surface area contributed by atoms with Gasteiger partial charge in [0, 0.05) is 25.2 Å². The predicted octanol–water partition coefficient (Wildman–Crippen LogP) is 0.837. The number of hydrogen-bond donors (Lipinski definition) is 1. The van der Waals surface area contributed by atoms with Crippen LogP contribution in [0.5, 0.6) is 0 Å². The summed E-state index contributed by atoms with van der Waals surface area (Å²) in [6.45, 7) is 3.03. The molecule has 1 atom stereocenters. The van der Waals surface area contributed by atoms with Crippen LogP contribution in [0.2, 0.25) is 0 Å². The summed E-state index contributed by atoms with van der Waals surface area (Å²) in [5.74, 6) is -1.28. The fourth-order valence-corrected chi connectivity index (χ4v) is 4.58. The van der Waals surface area contributed by atoms with Crippen molar-refractivity contribution in [2.24, 2.45) is 0 Å². The predicted molar refractivity (Wildman–Crippen MR) is 95.5 cm³/mol. The number of sulfone groups is 1. The zero-order valence-electron chi connectivity index (χ0n) is 14.7. The van der Waals surface area contributed by atoms with E-state index in [1.54, 1.807) is 19.1 Å². The van der Waals surface area contributed by atoms with Gasteiger partial charge >= 0.3 is 5.97 Å². The van der Waals surface area contributed by atoms with Crippen molar-refractivity contribution in [3.63, 3.8) is 0 Å². The largest absolute Gasteiger partial charge is 0.452 e. The average Bonchev–Trinajstić information content (AvgIpc) is 2.93. The van der Waals surface area contributed by atoms with E-state index in [1.165, 1.54) is 24.0 Å². The zero-order valence-corrected chi connectivity index (χ0v) is 15.5. The number of esters is 1. The Bertz CT molecular complexity index is 788. The number of amides is 2. The quantitative estimate of drug-likeness (QED) is 0.730. The summed E-state index contributed by atoms with van der Waals surface area (Å²) < 4.78 is 28.2. The van der Waals surface area contributed by atoms with Crippen molar-refractivity contribution < 1.29 is 27.5 Å². The summed E-state index contributed by atoms with van der Waals surface area (Å²) in [6.07, 6.45) is 0.403. The summed E-state index contributed by atoms with van der Waals surface area (Å²) >= 11 is 0. The lowest BCUT2D eigenvalue weighted by atomic mass is 10.2. The van der Waals surface area contributed by atoms with Crippen LogP contribution < -0.4 is 5.32 Å². The molecule has 0 aromatic heterocycles. The van der Waals surface area contributed by atoms with Crippen LogP contribution in [0.15, 0.2) is 24.3 Å². The molecule has 2 rings (SSSR count). The van der Waals surface area contributed by atoms with Crippen molar-refractivity contribution in [2.75, 3.05) is 30.0 Å². The first-order valence-corrected chi connectivity index (χ1v) is 10.1. The van der Waals surface area contributed by atoms with Crippen molar-refractivity contribution >= 4 is 33.3 Å². The molecule has 1 N–H and O–H groups in total. The Kier molecular flexibility index (Phi) is 6.36. The highest BCUT2D eigenvalue weighted by molar-refractivity contribution is 7.91. The smallest absolute Gasteiger partial charge is 0.338 e. The van der Waals surface area contributed by atoms with Gasteiger partial charge < -0.3 is 15.0 Å². The summed E-state index contributed by atoms with van der Waals surface area (Å²) in [5.41, 5.74) is 0.795. The molecule has 142 valence electrons. The van der Waals surface area contributed by atoms with Gasteiger partial charge in [0.15, 0.2) is 16.4 Å². The van der Waals surface area contributed by atoms with Crippen LogP contribution in [0, 0.1) is 0 Å². The summed E-state index contributed by atoms with van der Waals surface area (Å²) in [5, 5.41) is 2.58. The van der Waals surface area contributed by atoms with Crippen molar-refractivity contribution in [1.29, 1.82) is 0 Å². The second-order valence-corrected chi connectivity index (χ2v) is 8.30. The maximum Gasteiger partial charge on any atom is 0.338 e. The van der Waals surface area contributed by atoms with Crippen LogP contribution in [-0.4, -0.2) is 61.8 Å². The summed E-state index contributed by atoms with van der Waals surface area (Å²) in [6, 6.07) is 5.72. The second-order valence-electron chi connectivity index (χ2n) is 6.07. The number of likely N-dealkylation sites (N-methyl/N-ethyl adjacent to an activating group) is 1. The number of carbonyl (C=O) groups excluding carboxylic acids is 3. The molecule has 1 aromatic rings. The highest BCUT2D eigenvalue weighted by Crippen LogP contribution is 2.18. The van der Waals surface area contributed by atoms with E-state index in [2.05, 4.69) is 5.32 Å². The molecule has 0 bridgehead atoms. The number of rotatable bonds is 6. The highest BCUT2D eigenvalue weighted by atomic mass is 32.2. The molecular formula is C17H22N2O6S. The van der Waals surface area contributed by atoms with E-state index < -0.39 is 28.3 Å². The number of hydrogen-bond acceptors (Lipinski definition) is 6. The Balaban J connectivity index is 1.91. The van der Waals surface area contributed by atoms with Crippen molar-refractivity contribution in [3.05, 3.63) is 29.8 Å². The molecule has 0 aliphatic carbocycles. The molecule has 26 heavy (non-hydrogen) atoms. The maximum absolute atomic E-state index is 12.3.